The van der Waals surface area contributed by atoms with Gasteiger partial charge in [-0.3, -0.25) is 9.59 Å². The van der Waals surface area contributed by atoms with Crippen LogP contribution in [0.15, 0.2) is 42.4 Å². The topological polar surface area (TPSA) is 113 Å². The van der Waals surface area contributed by atoms with Crippen molar-refractivity contribution in [3.8, 4) is 0 Å². The van der Waals surface area contributed by atoms with Crippen LogP contribution in [0.5, 0.6) is 0 Å². The molecule has 8 heteroatoms. The number of amides is 2. The van der Waals surface area contributed by atoms with Gasteiger partial charge in [-0.1, -0.05) is 32.4 Å². The van der Waals surface area contributed by atoms with Crippen LogP contribution in [0.3, 0.4) is 0 Å². The Bertz CT molecular complexity index is 776. The van der Waals surface area contributed by atoms with Crippen LogP contribution < -0.4 is 22.1 Å². The van der Waals surface area contributed by atoms with Crippen LogP contribution in [-0.4, -0.2) is 50.4 Å². The maximum absolute atomic E-state index is 11.1. The molecule has 0 saturated carbocycles. The number of benzene rings is 2. The van der Waals surface area contributed by atoms with E-state index in [1.54, 1.807) is 31.3 Å². The van der Waals surface area contributed by atoms with E-state index in [0.29, 0.717) is 27.5 Å². The van der Waals surface area contributed by atoms with Gasteiger partial charge < -0.3 is 27.0 Å². The molecule has 0 heterocycles. The largest absolute Gasteiger partial charge is 0.399 e. The maximum Gasteiger partial charge on any atom is 0.252 e. The molecular weight excluding hydrogens is 402 g/mol. The number of nitrogens with two attached hydrogens (primary N) is 2. The SMILES string of the molecule is CCN(CC)CC.CNC(=O)c1ccc(N)cc1Cl.[2H]c1cc(N)ccc1C(=O)NC. The van der Waals surface area contributed by atoms with Gasteiger partial charge in [-0.05, 0) is 62.1 Å². The first kappa shape index (κ1) is 25.3. The molecule has 0 atom stereocenters. The molecule has 0 aliphatic heterocycles. The highest BCUT2D eigenvalue weighted by Crippen LogP contribution is 2.18. The zero-order valence-corrected chi connectivity index (χ0v) is 19.1. The Morgan fingerprint density at radius 2 is 1.47 bits per heavy atom. The second-order valence-electron chi connectivity index (χ2n) is 6.05. The fourth-order valence-electron chi connectivity index (χ4n) is 2.23. The smallest absolute Gasteiger partial charge is 0.252 e. The van der Waals surface area contributed by atoms with E-state index >= 15 is 0 Å². The number of hydrogen-bond donors (Lipinski definition) is 4. The van der Waals surface area contributed by atoms with E-state index < -0.39 is 0 Å². The van der Waals surface area contributed by atoms with E-state index in [1.165, 1.54) is 38.8 Å². The first-order chi connectivity index (χ1) is 14.6. The number of nitrogen functional groups attached to an aromatic ring is 2. The van der Waals surface area contributed by atoms with Crippen molar-refractivity contribution in [3.05, 3.63) is 58.6 Å². The monoisotopic (exact) mass is 436 g/mol. The summed E-state index contributed by atoms with van der Waals surface area (Å²) in [6.07, 6.45) is 0. The van der Waals surface area contributed by atoms with Crippen molar-refractivity contribution in [2.24, 2.45) is 0 Å². The third-order valence-corrected chi connectivity index (χ3v) is 4.43. The van der Waals surface area contributed by atoms with Crippen LogP contribution in [0.25, 0.3) is 0 Å². The number of carbonyl (C=O) groups is 2. The number of nitrogens with one attached hydrogen (secondary N) is 2. The van der Waals surface area contributed by atoms with Crippen LogP contribution in [0.2, 0.25) is 5.02 Å². The summed E-state index contributed by atoms with van der Waals surface area (Å²) in [6.45, 7) is 10.1. The lowest BCUT2D eigenvalue weighted by Crippen LogP contribution is -2.21. The van der Waals surface area contributed by atoms with E-state index in [1.807, 2.05) is 0 Å². The summed E-state index contributed by atoms with van der Waals surface area (Å²) in [5.74, 6) is -0.472. The Balaban J connectivity index is 0.000000454. The van der Waals surface area contributed by atoms with Gasteiger partial charge in [-0.25, -0.2) is 0 Å². The van der Waals surface area contributed by atoms with Crippen LogP contribution in [0.1, 0.15) is 42.9 Å². The second-order valence-corrected chi connectivity index (χ2v) is 6.46. The molecule has 0 fully saturated rings. The van der Waals surface area contributed by atoms with Gasteiger partial charge in [0.1, 0.15) is 0 Å². The molecule has 2 amide bonds. The van der Waals surface area contributed by atoms with Gasteiger partial charge in [0.2, 0.25) is 0 Å². The first-order valence-corrected chi connectivity index (χ1v) is 10.1. The molecule has 0 saturated heterocycles. The summed E-state index contributed by atoms with van der Waals surface area (Å²) in [7, 11) is 3.08. The number of carbonyl (C=O) groups excluding carboxylic acids is 2. The highest BCUT2D eigenvalue weighted by Gasteiger charge is 2.07. The van der Waals surface area contributed by atoms with Gasteiger partial charge in [0, 0.05) is 31.0 Å². The molecule has 0 aliphatic rings. The van der Waals surface area contributed by atoms with Crippen molar-refractivity contribution in [1.82, 2.24) is 15.5 Å². The summed E-state index contributed by atoms with van der Waals surface area (Å²) >= 11 is 5.76. The number of rotatable bonds is 5. The van der Waals surface area contributed by atoms with Crippen molar-refractivity contribution in [1.29, 1.82) is 0 Å². The Morgan fingerprint density at radius 1 is 0.933 bits per heavy atom. The first-order valence-electron chi connectivity index (χ1n) is 10.2. The van der Waals surface area contributed by atoms with Crippen molar-refractivity contribution in [3.63, 3.8) is 0 Å². The molecule has 2 aromatic rings. The molecule has 0 aromatic heterocycles. The fourth-order valence-corrected chi connectivity index (χ4v) is 2.51. The highest BCUT2D eigenvalue weighted by molar-refractivity contribution is 6.34. The summed E-state index contributed by atoms with van der Waals surface area (Å²) in [5, 5.41) is 5.29. The van der Waals surface area contributed by atoms with E-state index in [-0.39, 0.29) is 17.9 Å². The van der Waals surface area contributed by atoms with Gasteiger partial charge in [-0.2, -0.15) is 0 Å². The Kier molecular flexibility index (Phi) is 12.7. The average molecular weight is 437 g/mol. The van der Waals surface area contributed by atoms with Gasteiger partial charge in [0.05, 0.1) is 12.0 Å². The molecular formula is C22H34ClN5O2. The molecule has 6 N–H and O–H groups in total. The van der Waals surface area contributed by atoms with E-state index in [4.69, 9.17) is 24.4 Å². The lowest BCUT2D eigenvalue weighted by molar-refractivity contribution is 0.0955. The van der Waals surface area contributed by atoms with Crippen molar-refractivity contribution in [2.45, 2.75) is 20.8 Å². The van der Waals surface area contributed by atoms with E-state index in [0.717, 1.165) is 0 Å². The minimum atomic E-state index is -0.264. The van der Waals surface area contributed by atoms with E-state index in [9.17, 15) is 9.59 Å². The average Bonchev–Trinajstić information content (AvgIpc) is 2.75. The molecule has 0 radical (unpaired) electrons. The van der Waals surface area contributed by atoms with Gasteiger partial charge >= 0.3 is 0 Å². The van der Waals surface area contributed by atoms with Crippen molar-refractivity contribution in [2.75, 3.05) is 45.2 Å². The Labute approximate surface area is 186 Å². The third kappa shape index (κ3) is 10.1. The fraction of sp³-hybridized carbons (Fsp3) is 0.364. The van der Waals surface area contributed by atoms with Crippen molar-refractivity contribution >= 4 is 34.8 Å². The predicted octanol–water partition coefficient (Wildman–Crippen LogP) is 3.26. The molecule has 7 nitrogen and oxygen atoms in total. The quantitative estimate of drug-likeness (QED) is 0.537. The molecule has 166 valence electrons. The Hall–Kier alpha value is -2.77. The summed E-state index contributed by atoms with van der Waals surface area (Å²) in [5.41, 5.74) is 12.7. The van der Waals surface area contributed by atoms with Gasteiger partial charge in [0.25, 0.3) is 11.8 Å². The maximum atomic E-state index is 11.1. The molecule has 0 spiro atoms. The second kappa shape index (κ2) is 15.1. The van der Waals surface area contributed by atoms with Crippen LogP contribution in [0, 0.1) is 0 Å². The lowest BCUT2D eigenvalue weighted by Gasteiger charge is -2.13. The third-order valence-electron chi connectivity index (χ3n) is 4.11. The molecule has 0 bridgehead atoms. The van der Waals surface area contributed by atoms with Crippen LogP contribution in [0.4, 0.5) is 11.4 Å². The molecule has 30 heavy (non-hydrogen) atoms. The van der Waals surface area contributed by atoms with Crippen LogP contribution >= 0.6 is 11.6 Å². The molecule has 0 unspecified atom stereocenters. The zero-order chi connectivity index (χ0) is 24.0. The standard InChI is InChI=1S/C8H9ClN2O.C8H10N2O.C6H15N/c1-11-8(12)6-3-2-5(10)4-7(6)9;1-10-8(11)6-2-4-7(9)5-3-6;1-4-7(5-2)6-3/h2-4H,10H2,1H3,(H,11,12);2-5H,9H2,1H3,(H,10,11);4-6H2,1-3H3/i;2D;. The molecule has 2 rings (SSSR count). The number of halogens is 1. The van der Waals surface area contributed by atoms with Gasteiger partial charge in [-0.15, -0.1) is 0 Å². The number of hydrogen-bond acceptors (Lipinski definition) is 5. The highest BCUT2D eigenvalue weighted by atomic mass is 35.5. The Morgan fingerprint density at radius 3 is 1.87 bits per heavy atom. The molecule has 0 aliphatic carbocycles. The number of anilines is 2. The normalized spacial score (nSPS) is 10.0. The predicted molar refractivity (Wildman–Crippen MR) is 127 cm³/mol. The molecule has 2 aromatic carbocycles. The minimum absolute atomic E-state index is 0.148. The van der Waals surface area contributed by atoms with Crippen molar-refractivity contribution < 1.29 is 11.0 Å². The summed E-state index contributed by atoms with van der Waals surface area (Å²) in [6, 6.07) is 9.51. The summed E-state index contributed by atoms with van der Waals surface area (Å²) < 4.78 is 7.40. The van der Waals surface area contributed by atoms with E-state index in [2.05, 4.69) is 36.3 Å². The zero-order valence-electron chi connectivity index (χ0n) is 19.4. The minimum Gasteiger partial charge on any atom is -0.399 e. The lowest BCUT2D eigenvalue weighted by atomic mass is 10.2. The van der Waals surface area contributed by atoms with Gasteiger partial charge in [0.15, 0.2) is 0 Å². The van der Waals surface area contributed by atoms with Crippen LogP contribution in [-0.2, 0) is 0 Å². The number of nitrogens with zero attached hydrogens (tertiary/aromatic N) is 1. The summed E-state index contributed by atoms with van der Waals surface area (Å²) in [4.78, 5) is 24.6.